The predicted molar refractivity (Wildman–Crippen MR) is 103 cm³/mol. The molecule has 0 radical (unpaired) electrons. The molecule has 3 aromatic rings. The van der Waals surface area contributed by atoms with Crippen LogP contribution < -0.4 is 0 Å². The number of benzene rings is 1. The number of nitrogens with zero attached hydrogens (tertiary/aromatic N) is 3. The molecule has 2 aromatic heterocycles. The quantitative estimate of drug-likeness (QED) is 0.586. The Morgan fingerprint density at radius 3 is 2.42 bits per heavy atom. The van der Waals surface area contributed by atoms with Crippen molar-refractivity contribution in [2.75, 3.05) is 0 Å². The van der Waals surface area contributed by atoms with Gasteiger partial charge in [0.2, 0.25) is 0 Å². The van der Waals surface area contributed by atoms with Crippen molar-refractivity contribution in [1.29, 1.82) is 0 Å². The Kier molecular flexibility index (Phi) is 5.23. The molecule has 5 nitrogen and oxygen atoms in total. The molecule has 0 saturated carbocycles. The van der Waals surface area contributed by atoms with Crippen LogP contribution in [0.1, 0.15) is 59.5 Å². The Morgan fingerprint density at radius 1 is 1.12 bits per heavy atom. The van der Waals surface area contributed by atoms with Crippen LogP contribution in [0.5, 0.6) is 0 Å². The normalized spacial score (nSPS) is 12.4. The summed E-state index contributed by atoms with van der Waals surface area (Å²) in [4.78, 5) is 18.0. The van der Waals surface area contributed by atoms with E-state index in [1.54, 1.807) is 28.3 Å². The topological polar surface area (TPSA) is 57.0 Å². The summed E-state index contributed by atoms with van der Waals surface area (Å²) >= 11 is 1.56. The third kappa shape index (κ3) is 3.85. The fourth-order valence-corrected chi connectivity index (χ4v) is 3.67. The van der Waals surface area contributed by atoms with Crippen LogP contribution in [0.3, 0.4) is 0 Å². The highest BCUT2D eigenvalue weighted by Gasteiger charge is 2.21. The van der Waals surface area contributed by atoms with Crippen molar-refractivity contribution in [2.24, 2.45) is 0 Å². The highest BCUT2D eigenvalue weighted by atomic mass is 32.1. The molecule has 0 saturated heterocycles. The lowest BCUT2D eigenvalue weighted by Gasteiger charge is -2.11. The van der Waals surface area contributed by atoms with Crippen LogP contribution in [-0.4, -0.2) is 20.7 Å². The van der Waals surface area contributed by atoms with Gasteiger partial charge in [0.15, 0.2) is 5.69 Å². The molecule has 0 amide bonds. The first-order chi connectivity index (χ1) is 12.3. The van der Waals surface area contributed by atoms with Gasteiger partial charge in [-0.3, -0.25) is 4.68 Å². The van der Waals surface area contributed by atoms with Crippen molar-refractivity contribution in [3.63, 3.8) is 0 Å². The van der Waals surface area contributed by atoms with Crippen molar-refractivity contribution in [1.82, 2.24) is 14.8 Å². The summed E-state index contributed by atoms with van der Waals surface area (Å²) in [6.45, 7) is 9.90. The van der Waals surface area contributed by atoms with Crippen molar-refractivity contribution in [2.45, 2.75) is 46.8 Å². The third-order valence-corrected chi connectivity index (χ3v) is 5.50. The van der Waals surface area contributed by atoms with Crippen LogP contribution >= 0.6 is 11.3 Å². The zero-order valence-electron chi connectivity index (χ0n) is 15.7. The Bertz CT molecular complexity index is 910. The van der Waals surface area contributed by atoms with E-state index in [0.717, 1.165) is 21.1 Å². The fraction of sp³-hybridized carbons (Fsp3) is 0.350. The van der Waals surface area contributed by atoms with Gasteiger partial charge in [-0.15, -0.1) is 11.3 Å². The minimum atomic E-state index is -0.415. The summed E-state index contributed by atoms with van der Waals surface area (Å²) in [7, 11) is 0. The van der Waals surface area contributed by atoms with E-state index in [-0.39, 0.29) is 12.1 Å². The molecule has 0 aliphatic carbocycles. The Morgan fingerprint density at radius 2 is 1.81 bits per heavy atom. The van der Waals surface area contributed by atoms with Crippen LogP contribution in [-0.2, 0) is 4.74 Å². The molecule has 2 heterocycles. The van der Waals surface area contributed by atoms with Gasteiger partial charge in [-0.1, -0.05) is 29.8 Å². The molecular weight excluding hydrogens is 346 g/mol. The van der Waals surface area contributed by atoms with Crippen LogP contribution in [0.2, 0.25) is 0 Å². The van der Waals surface area contributed by atoms with Gasteiger partial charge < -0.3 is 4.74 Å². The molecule has 0 unspecified atom stereocenters. The predicted octanol–water partition coefficient (Wildman–Crippen LogP) is 5.12. The molecular formula is C20H23N3O2S. The molecule has 1 aromatic carbocycles. The number of ether oxygens (including phenoxy) is 1. The average Bonchev–Trinajstić information content (AvgIpc) is 3.22. The molecule has 0 aliphatic heterocycles. The highest BCUT2D eigenvalue weighted by Crippen LogP contribution is 2.33. The monoisotopic (exact) mass is 369 g/mol. The highest BCUT2D eigenvalue weighted by molar-refractivity contribution is 7.15. The van der Waals surface area contributed by atoms with Crippen LogP contribution in [0.15, 0.2) is 36.5 Å². The molecule has 0 fully saturated rings. The molecule has 3 rings (SSSR count). The van der Waals surface area contributed by atoms with E-state index in [4.69, 9.17) is 4.74 Å². The van der Waals surface area contributed by atoms with Crippen LogP contribution in [0.4, 0.5) is 0 Å². The Labute approximate surface area is 157 Å². The summed E-state index contributed by atoms with van der Waals surface area (Å²) in [5.74, 6) is -0.415. The van der Waals surface area contributed by atoms with Crippen molar-refractivity contribution in [3.05, 3.63) is 58.4 Å². The number of thiazole rings is 1. The Hall–Kier alpha value is -2.47. The van der Waals surface area contributed by atoms with Crippen molar-refractivity contribution in [3.8, 4) is 10.6 Å². The van der Waals surface area contributed by atoms with Crippen molar-refractivity contribution < 1.29 is 9.53 Å². The minimum Gasteiger partial charge on any atom is -0.452 e. The number of carbonyl (C=O) groups excluding carboxylic acids is 1. The number of aryl methyl sites for hydroxylation is 2. The molecule has 1 atom stereocenters. The maximum Gasteiger partial charge on any atom is 0.359 e. The van der Waals surface area contributed by atoms with Gasteiger partial charge in [0.05, 0.1) is 10.6 Å². The largest absolute Gasteiger partial charge is 0.452 e. The molecule has 136 valence electrons. The second-order valence-electron chi connectivity index (χ2n) is 6.66. The first-order valence-electron chi connectivity index (χ1n) is 8.65. The zero-order valence-corrected chi connectivity index (χ0v) is 16.5. The van der Waals surface area contributed by atoms with Gasteiger partial charge in [0.1, 0.15) is 11.1 Å². The molecule has 6 heteroatoms. The molecule has 0 N–H and O–H groups in total. The average molecular weight is 369 g/mol. The van der Waals surface area contributed by atoms with Gasteiger partial charge in [0.25, 0.3) is 0 Å². The number of aromatic nitrogens is 3. The number of hydrogen-bond donors (Lipinski definition) is 0. The zero-order chi connectivity index (χ0) is 18.8. The van der Waals surface area contributed by atoms with E-state index in [2.05, 4.69) is 41.3 Å². The number of hydrogen-bond acceptors (Lipinski definition) is 5. The van der Waals surface area contributed by atoms with Crippen molar-refractivity contribution >= 4 is 17.3 Å². The molecule has 0 spiro atoms. The summed E-state index contributed by atoms with van der Waals surface area (Å²) in [6.07, 6.45) is 1.42. The van der Waals surface area contributed by atoms with Gasteiger partial charge in [-0.25, -0.2) is 9.78 Å². The SMILES string of the molecule is Cc1ccc(-c2nc(C)c([C@H](C)OC(=O)c3ccn(C(C)C)n3)s2)cc1. The molecule has 0 aliphatic rings. The van der Waals surface area contributed by atoms with Gasteiger partial charge in [-0.2, -0.15) is 5.10 Å². The summed E-state index contributed by atoms with van der Waals surface area (Å²) in [6, 6.07) is 10.2. The number of rotatable bonds is 5. The van der Waals surface area contributed by atoms with E-state index in [0.29, 0.717) is 5.69 Å². The maximum atomic E-state index is 12.4. The first kappa shape index (κ1) is 18.3. The first-order valence-corrected chi connectivity index (χ1v) is 9.47. The lowest BCUT2D eigenvalue weighted by Crippen LogP contribution is -2.11. The minimum absolute atomic E-state index is 0.204. The van der Waals surface area contributed by atoms with E-state index in [1.165, 1.54) is 5.56 Å². The summed E-state index contributed by atoms with van der Waals surface area (Å²) < 4.78 is 7.37. The van der Waals surface area contributed by atoms with E-state index < -0.39 is 5.97 Å². The Balaban J connectivity index is 1.76. The van der Waals surface area contributed by atoms with Crippen LogP contribution in [0.25, 0.3) is 10.6 Å². The second-order valence-corrected chi connectivity index (χ2v) is 7.69. The van der Waals surface area contributed by atoms with Crippen LogP contribution in [0, 0.1) is 13.8 Å². The van der Waals surface area contributed by atoms with E-state index in [1.807, 2.05) is 27.7 Å². The maximum absolute atomic E-state index is 12.4. The summed E-state index contributed by atoms with van der Waals surface area (Å²) in [5.41, 5.74) is 3.50. The number of carbonyl (C=O) groups is 1. The fourth-order valence-electron chi connectivity index (χ4n) is 2.61. The van der Waals surface area contributed by atoms with E-state index in [9.17, 15) is 4.79 Å². The van der Waals surface area contributed by atoms with Gasteiger partial charge in [0, 0.05) is 17.8 Å². The third-order valence-electron chi connectivity index (χ3n) is 4.13. The van der Waals surface area contributed by atoms with Gasteiger partial charge in [-0.05, 0) is 40.7 Å². The smallest absolute Gasteiger partial charge is 0.359 e. The number of esters is 1. The molecule has 0 bridgehead atoms. The summed E-state index contributed by atoms with van der Waals surface area (Å²) in [5, 5.41) is 5.20. The second kappa shape index (κ2) is 7.41. The lowest BCUT2D eigenvalue weighted by molar-refractivity contribution is 0.0335. The van der Waals surface area contributed by atoms with Gasteiger partial charge >= 0.3 is 5.97 Å². The molecule has 26 heavy (non-hydrogen) atoms. The van der Waals surface area contributed by atoms with E-state index >= 15 is 0 Å². The standard InChI is InChI=1S/C20H23N3O2S/c1-12(2)23-11-10-17(22-23)20(24)25-15(5)18-14(4)21-19(26-18)16-8-6-13(3)7-9-16/h6-12,15H,1-5H3/t15-/m0/s1. The lowest BCUT2D eigenvalue weighted by atomic mass is 10.2.